The van der Waals surface area contributed by atoms with E-state index in [1.165, 1.54) is 4.90 Å². The van der Waals surface area contributed by atoms with Crippen LogP contribution in [0.25, 0.3) is 0 Å². The number of benzene rings is 1. The van der Waals surface area contributed by atoms with Crippen LogP contribution in [0.4, 0.5) is 5.69 Å². The highest BCUT2D eigenvalue weighted by Crippen LogP contribution is 2.26. The van der Waals surface area contributed by atoms with Crippen molar-refractivity contribution in [1.82, 2.24) is 9.88 Å². The zero-order valence-electron chi connectivity index (χ0n) is 11.6. The van der Waals surface area contributed by atoms with Crippen molar-refractivity contribution in [2.24, 2.45) is 0 Å². The van der Waals surface area contributed by atoms with Crippen molar-refractivity contribution in [3.63, 3.8) is 0 Å². The van der Waals surface area contributed by atoms with E-state index in [1.54, 1.807) is 43.1 Å². The van der Waals surface area contributed by atoms with Crippen molar-refractivity contribution < 1.29 is 4.79 Å². The van der Waals surface area contributed by atoms with E-state index in [0.29, 0.717) is 10.6 Å². The molecule has 1 unspecified atom stereocenters. The number of carbonyl (C=O) groups is 1. The molecule has 0 radical (unpaired) electrons. The fraction of sp³-hybridized carbons (Fsp3) is 0.286. The van der Waals surface area contributed by atoms with E-state index in [4.69, 9.17) is 11.6 Å². The molecule has 0 aliphatic heterocycles. The number of carbonyl (C=O) groups excluding carboxylic acids is 1. The summed E-state index contributed by atoms with van der Waals surface area (Å²) < 4.78 is 0. The minimum atomic E-state index is -0.107. The minimum absolute atomic E-state index is 0.107. The average molecular weight is 310 g/mol. The molecule has 0 saturated heterocycles. The fourth-order valence-electron chi connectivity index (χ4n) is 1.78. The highest BCUT2D eigenvalue weighted by molar-refractivity contribution is 7.09. The van der Waals surface area contributed by atoms with Crippen molar-refractivity contribution in [3.05, 3.63) is 45.4 Å². The Labute approximate surface area is 127 Å². The maximum absolute atomic E-state index is 12.0. The van der Waals surface area contributed by atoms with Crippen LogP contribution in [0.15, 0.2) is 29.9 Å². The van der Waals surface area contributed by atoms with Crippen LogP contribution in [0.1, 0.15) is 28.2 Å². The molecule has 0 aliphatic carbocycles. The highest BCUT2D eigenvalue weighted by atomic mass is 35.5. The van der Waals surface area contributed by atoms with E-state index in [2.05, 4.69) is 17.2 Å². The smallest absolute Gasteiger partial charge is 0.254 e. The lowest BCUT2D eigenvalue weighted by Gasteiger charge is -2.16. The molecule has 4 nitrogen and oxygen atoms in total. The van der Waals surface area contributed by atoms with Gasteiger partial charge in [0.2, 0.25) is 0 Å². The standard InChI is InChI=1S/C14H16ClN3OS/c1-9(13-7-16-8-20-13)17-10-4-5-12(15)11(6-10)14(19)18(2)3/h4-9,17H,1-3H3. The third-order valence-electron chi connectivity index (χ3n) is 2.86. The van der Waals surface area contributed by atoms with Crippen LogP contribution >= 0.6 is 22.9 Å². The van der Waals surface area contributed by atoms with Gasteiger partial charge in [-0.25, -0.2) is 0 Å². The maximum Gasteiger partial charge on any atom is 0.254 e. The molecule has 2 aromatic rings. The van der Waals surface area contributed by atoms with Gasteiger partial charge in [-0.05, 0) is 25.1 Å². The van der Waals surface area contributed by atoms with Crippen LogP contribution in [0.2, 0.25) is 5.02 Å². The lowest BCUT2D eigenvalue weighted by molar-refractivity contribution is 0.0828. The zero-order valence-corrected chi connectivity index (χ0v) is 13.1. The largest absolute Gasteiger partial charge is 0.378 e. The van der Waals surface area contributed by atoms with Gasteiger partial charge in [0.1, 0.15) is 0 Å². The number of nitrogens with one attached hydrogen (secondary N) is 1. The molecule has 1 heterocycles. The number of halogens is 1. The van der Waals surface area contributed by atoms with Crippen LogP contribution in [-0.2, 0) is 0 Å². The SMILES string of the molecule is CC(Nc1ccc(Cl)c(C(=O)N(C)C)c1)c1cncs1. The predicted molar refractivity (Wildman–Crippen MR) is 83.6 cm³/mol. The number of anilines is 1. The topological polar surface area (TPSA) is 45.2 Å². The van der Waals surface area contributed by atoms with Crippen molar-refractivity contribution in [2.75, 3.05) is 19.4 Å². The Morgan fingerprint density at radius 3 is 2.80 bits per heavy atom. The Kier molecular flexibility index (Phi) is 4.62. The first-order valence-electron chi connectivity index (χ1n) is 6.15. The molecule has 0 fully saturated rings. The van der Waals surface area contributed by atoms with Crippen LogP contribution in [0.3, 0.4) is 0 Å². The predicted octanol–water partition coefficient (Wildman–Crippen LogP) is 3.67. The molecule has 1 atom stereocenters. The van der Waals surface area contributed by atoms with Gasteiger partial charge >= 0.3 is 0 Å². The summed E-state index contributed by atoms with van der Waals surface area (Å²) in [7, 11) is 3.41. The summed E-state index contributed by atoms with van der Waals surface area (Å²) in [5, 5.41) is 3.80. The molecule has 6 heteroatoms. The van der Waals surface area contributed by atoms with Gasteiger partial charge in [-0.3, -0.25) is 9.78 Å². The summed E-state index contributed by atoms with van der Waals surface area (Å²) in [6.45, 7) is 2.05. The molecular weight excluding hydrogens is 294 g/mol. The van der Waals surface area contributed by atoms with Gasteiger partial charge in [0.25, 0.3) is 5.91 Å². The zero-order chi connectivity index (χ0) is 14.7. The first-order chi connectivity index (χ1) is 9.49. The van der Waals surface area contributed by atoms with Gasteiger partial charge in [-0.1, -0.05) is 11.6 Å². The van der Waals surface area contributed by atoms with Crippen molar-refractivity contribution in [1.29, 1.82) is 0 Å². The Morgan fingerprint density at radius 1 is 1.45 bits per heavy atom. The van der Waals surface area contributed by atoms with E-state index >= 15 is 0 Å². The molecule has 0 saturated carbocycles. The molecule has 106 valence electrons. The second kappa shape index (κ2) is 6.24. The van der Waals surface area contributed by atoms with Gasteiger partial charge in [-0.15, -0.1) is 11.3 Å². The summed E-state index contributed by atoms with van der Waals surface area (Å²) in [5.74, 6) is -0.107. The van der Waals surface area contributed by atoms with Gasteiger partial charge in [0, 0.05) is 30.9 Å². The normalized spacial score (nSPS) is 12.0. The second-order valence-electron chi connectivity index (χ2n) is 4.66. The number of hydrogen-bond donors (Lipinski definition) is 1. The number of nitrogens with zero attached hydrogens (tertiary/aromatic N) is 2. The summed E-state index contributed by atoms with van der Waals surface area (Å²) in [6.07, 6.45) is 1.84. The number of amides is 1. The van der Waals surface area contributed by atoms with E-state index in [9.17, 15) is 4.79 Å². The molecule has 0 bridgehead atoms. The van der Waals surface area contributed by atoms with Crippen molar-refractivity contribution >= 4 is 34.5 Å². The average Bonchev–Trinajstić information content (AvgIpc) is 2.94. The number of hydrogen-bond acceptors (Lipinski definition) is 4. The first-order valence-corrected chi connectivity index (χ1v) is 7.41. The first kappa shape index (κ1) is 14.8. The van der Waals surface area contributed by atoms with Gasteiger partial charge in [-0.2, -0.15) is 0 Å². The Balaban J connectivity index is 2.21. The molecule has 1 N–H and O–H groups in total. The van der Waals surface area contributed by atoms with E-state index in [0.717, 1.165) is 10.6 Å². The van der Waals surface area contributed by atoms with E-state index < -0.39 is 0 Å². The second-order valence-corrected chi connectivity index (χ2v) is 5.99. The van der Waals surface area contributed by atoms with Gasteiger partial charge in [0.05, 0.1) is 22.1 Å². The van der Waals surface area contributed by atoms with Crippen molar-refractivity contribution in [2.45, 2.75) is 13.0 Å². The number of rotatable bonds is 4. The number of aromatic nitrogens is 1. The maximum atomic E-state index is 12.0. The Hall–Kier alpha value is -1.59. The van der Waals surface area contributed by atoms with Crippen LogP contribution in [-0.4, -0.2) is 29.9 Å². The highest BCUT2D eigenvalue weighted by Gasteiger charge is 2.14. The Morgan fingerprint density at radius 2 is 2.20 bits per heavy atom. The fourth-order valence-corrected chi connectivity index (χ4v) is 2.61. The summed E-state index contributed by atoms with van der Waals surface area (Å²) in [4.78, 5) is 18.8. The van der Waals surface area contributed by atoms with Crippen LogP contribution in [0.5, 0.6) is 0 Å². The molecule has 0 spiro atoms. The molecule has 20 heavy (non-hydrogen) atoms. The quantitative estimate of drug-likeness (QED) is 0.937. The summed E-state index contributed by atoms with van der Waals surface area (Å²) in [6, 6.07) is 5.51. The molecular formula is C14H16ClN3OS. The van der Waals surface area contributed by atoms with Crippen LogP contribution < -0.4 is 5.32 Å². The third-order valence-corrected chi connectivity index (χ3v) is 4.15. The number of thiazole rings is 1. The molecule has 2 rings (SSSR count). The molecule has 1 aromatic carbocycles. The molecule has 1 aromatic heterocycles. The van der Waals surface area contributed by atoms with Gasteiger partial charge in [0.15, 0.2) is 0 Å². The molecule has 0 aliphatic rings. The summed E-state index contributed by atoms with van der Waals surface area (Å²) >= 11 is 7.68. The van der Waals surface area contributed by atoms with E-state index in [-0.39, 0.29) is 11.9 Å². The van der Waals surface area contributed by atoms with Crippen LogP contribution in [0, 0.1) is 0 Å². The summed E-state index contributed by atoms with van der Waals surface area (Å²) in [5.41, 5.74) is 3.16. The van der Waals surface area contributed by atoms with Crippen molar-refractivity contribution in [3.8, 4) is 0 Å². The van der Waals surface area contributed by atoms with Gasteiger partial charge < -0.3 is 10.2 Å². The lowest BCUT2D eigenvalue weighted by Crippen LogP contribution is -2.22. The minimum Gasteiger partial charge on any atom is -0.378 e. The Bertz CT molecular complexity index is 598. The third kappa shape index (κ3) is 3.29. The monoisotopic (exact) mass is 309 g/mol. The lowest BCUT2D eigenvalue weighted by atomic mass is 10.1. The molecule has 1 amide bonds. The van der Waals surface area contributed by atoms with E-state index in [1.807, 2.05) is 12.3 Å².